The van der Waals surface area contributed by atoms with E-state index in [2.05, 4.69) is 0 Å². The summed E-state index contributed by atoms with van der Waals surface area (Å²) in [5.74, 6) is 0.442. The Hall–Kier alpha value is -1.69. The number of amides is 1. The van der Waals surface area contributed by atoms with Crippen LogP contribution < -0.4 is 0 Å². The van der Waals surface area contributed by atoms with E-state index in [0.29, 0.717) is 5.56 Å². The van der Waals surface area contributed by atoms with Gasteiger partial charge in [0.05, 0.1) is 12.7 Å². The summed E-state index contributed by atoms with van der Waals surface area (Å²) in [5, 5.41) is 0. The number of hydrogen-bond donors (Lipinski definition) is 0. The summed E-state index contributed by atoms with van der Waals surface area (Å²) in [5.41, 5.74) is 0.0598. The molecule has 0 aliphatic carbocycles. The second-order valence-electron chi connectivity index (χ2n) is 6.80. The molecule has 1 amide bonds. The first-order valence-corrected chi connectivity index (χ1v) is 9.09. The maximum Gasteiger partial charge on any atom is 0.410 e. The highest BCUT2D eigenvalue weighted by molar-refractivity contribution is 7.99. The molecule has 1 saturated heterocycles. The molecule has 0 bridgehead atoms. The lowest BCUT2D eigenvalue weighted by molar-refractivity contribution is 0.0242. The van der Waals surface area contributed by atoms with Gasteiger partial charge in [0.25, 0.3) is 0 Å². The normalized spacial score (nSPS) is 17.7. The Morgan fingerprint density at radius 1 is 1.33 bits per heavy atom. The fourth-order valence-electron chi connectivity index (χ4n) is 2.59. The van der Waals surface area contributed by atoms with E-state index in [0.717, 1.165) is 30.0 Å². The van der Waals surface area contributed by atoms with Crippen LogP contribution in [0, 0.1) is 0 Å². The highest BCUT2D eigenvalue weighted by atomic mass is 32.2. The Morgan fingerprint density at radius 3 is 2.75 bits per heavy atom. The summed E-state index contributed by atoms with van der Waals surface area (Å²) in [4.78, 5) is 26.7. The molecule has 1 aliphatic heterocycles. The molecular weight excluding hydrogens is 326 g/mol. The van der Waals surface area contributed by atoms with Gasteiger partial charge < -0.3 is 14.4 Å². The zero-order valence-electron chi connectivity index (χ0n) is 14.7. The molecule has 6 heteroatoms. The minimum absolute atomic E-state index is 0.159. The number of likely N-dealkylation sites (tertiary alicyclic amines) is 1. The molecule has 1 aromatic rings. The Balaban J connectivity index is 1.96. The summed E-state index contributed by atoms with van der Waals surface area (Å²) in [6.07, 6.45) is 1.73. The Kier molecular flexibility index (Phi) is 6.15. The van der Waals surface area contributed by atoms with Gasteiger partial charge in [0.1, 0.15) is 5.60 Å². The molecule has 132 valence electrons. The van der Waals surface area contributed by atoms with Gasteiger partial charge >= 0.3 is 12.1 Å². The van der Waals surface area contributed by atoms with Crippen LogP contribution in [0.2, 0.25) is 0 Å². The Morgan fingerprint density at radius 2 is 2.08 bits per heavy atom. The molecule has 5 nitrogen and oxygen atoms in total. The average Bonchev–Trinajstić information content (AvgIpc) is 2.99. The summed E-state index contributed by atoms with van der Waals surface area (Å²) in [6.45, 7) is 6.37. The second kappa shape index (κ2) is 7.92. The number of rotatable bonds is 4. The molecule has 1 unspecified atom stereocenters. The third kappa shape index (κ3) is 5.16. The van der Waals surface area contributed by atoms with Crippen LogP contribution in [-0.2, 0) is 9.47 Å². The van der Waals surface area contributed by atoms with Gasteiger partial charge in [-0.15, -0.1) is 11.8 Å². The maximum absolute atomic E-state index is 12.3. The van der Waals surface area contributed by atoms with Crippen LogP contribution in [0.25, 0.3) is 0 Å². The van der Waals surface area contributed by atoms with Crippen LogP contribution >= 0.6 is 11.8 Å². The van der Waals surface area contributed by atoms with E-state index in [1.165, 1.54) is 7.11 Å². The van der Waals surface area contributed by atoms with Gasteiger partial charge in [-0.2, -0.15) is 0 Å². The van der Waals surface area contributed by atoms with Crippen molar-refractivity contribution in [3.05, 3.63) is 29.8 Å². The van der Waals surface area contributed by atoms with Gasteiger partial charge in [-0.3, -0.25) is 0 Å². The molecule has 1 aliphatic rings. The number of esters is 1. The van der Waals surface area contributed by atoms with E-state index >= 15 is 0 Å². The van der Waals surface area contributed by atoms with Crippen molar-refractivity contribution in [2.75, 3.05) is 19.4 Å². The molecule has 1 atom stereocenters. The highest BCUT2D eigenvalue weighted by Crippen LogP contribution is 2.27. The Bertz CT molecular complexity index is 597. The van der Waals surface area contributed by atoms with Gasteiger partial charge in [0, 0.05) is 23.2 Å². The summed E-state index contributed by atoms with van der Waals surface area (Å²) >= 11 is 1.64. The molecule has 1 fully saturated rings. The predicted octanol–water partition coefficient (Wildman–Crippen LogP) is 3.96. The first-order chi connectivity index (χ1) is 11.3. The fraction of sp³-hybridized carbons (Fsp3) is 0.556. The van der Waals surface area contributed by atoms with Crippen LogP contribution in [0.5, 0.6) is 0 Å². The largest absolute Gasteiger partial charge is 0.465 e. The number of carbonyl (C=O) groups excluding carboxylic acids is 2. The van der Waals surface area contributed by atoms with Crippen LogP contribution in [0.4, 0.5) is 4.79 Å². The van der Waals surface area contributed by atoms with Crippen LogP contribution in [0.1, 0.15) is 44.0 Å². The van der Waals surface area contributed by atoms with Gasteiger partial charge in [-0.05, 0) is 51.8 Å². The SMILES string of the molecule is COC(=O)c1cccc(SCC2CCCN2C(=O)OC(C)(C)C)c1. The molecule has 1 heterocycles. The van der Waals surface area contributed by atoms with Gasteiger partial charge in [0.15, 0.2) is 0 Å². The van der Waals surface area contributed by atoms with Crippen molar-refractivity contribution in [3.63, 3.8) is 0 Å². The molecule has 0 saturated carbocycles. The Labute approximate surface area is 147 Å². The first-order valence-electron chi connectivity index (χ1n) is 8.11. The lowest BCUT2D eigenvalue weighted by Crippen LogP contribution is -2.40. The van der Waals surface area contributed by atoms with Gasteiger partial charge in [-0.1, -0.05) is 6.07 Å². The highest BCUT2D eigenvalue weighted by Gasteiger charge is 2.32. The van der Waals surface area contributed by atoms with Crippen molar-refractivity contribution in [2.24, 2.45) is 0 Å². The standard InChI is InChI=1S/C18H25NO4S/c1-18(2,3)23-17(21)19-10-6-8-14(19)12-24-15-9-5-7-13(11-15)16(20)22-4/h5,7,9,11,14H,6,8,10,12H2,1-4H3. The number of methoxy groups -OCH3 is 1. The topological polar surface area (TPSA) is 55.8 Å². The summed E-state index contributed by atoms with van der Waals surface area (Å²) in [6, 6.07) is 7.52. The van der Waals surface area contributed by atoms with Crippen molar-refractivity contribution in [1.82, 2.24) is 4.90 Å². The number of carbonyl (C=O) groups is 2. The number of nitrogens with zero attached hydrogens (tertiary/aromatic N) is 1. The monoisotopic (exact) mass is 351 g/mol. The number of hydrogen-bond acceptors (Lipinski definition) is 5. The van der Waals surface area contributed by atoms with E-state index < -0.39 is 5.60 Å². The maximum atomic E-state index is 12.3. The molecule has 0 radical (unpaired) electrons. The van der Waals surface area contributed by atoms with E-state index in [9.17, 15) is 9.59 Å². The van der Waals surface area contributed by atoms with E-state index in [1.54, 1.807) is 17.8 Å². The smallest absolute Gasteiger partial charge is 0.410 e. The van der Waals surface area contributed by atoms with Crippen molar-refractivity contribution in [3.8, 4) is 0 Å². The van der Waals surface area contributed by atoms with E-state index in [4.69, 9.17) is 9.47 Å². The van der Waals surface area contributed by atoms with Crippen LogP contribution in [-0.4, -0.2) is 48.0 Å². The number of thioether (sulfide) groups is 1. The average molecular weight is 351 g/mol. The molecule has 1 aromatic carbocycles. The molecule has 24 heavy (non-hydrogen) atoms. The molecule has 0 aromatic heterocycles. The predicted molar refractivity (Wildman–Crippen MR) is 94.5 cm³/mol. The van der Waals surface area contributed by atoms with E-state index in [-0.39, 0.29) is 18.1 Å². The lowest BCUT2D eigenvalue weighted by atomic mass is 10.2. The van der Waals surface area contributed by atoms with E-state index in [1.807, 2.05) is 43.9 Å². The van der Waals surface area contributed by atoms with Crippen molar-refractivity contribution < 1.29 is 19.1 Å². The first kappa shape index (κ1) is 18.6. The van der Waals surface area contributed by atoms with Gasteiger partial charge in [0.2, 0.25) is 0 Å². The second-order valence-corrected chi connectivity index (χ2v) is 7.89. The van der Waals surface area contributed by atoms with Crippen molar-refractivity contribution >= 4 is 23.8 Å². The van der Waals surface area contributed by atoms with Crippen LogP contribution in [0.3, 0.4) is 0 Å². The third-order valence-electron chi connectivity index (χ3n) is 3.70. The number of ether oxygens (including phenoxy) is 2. The van der Waals surface area contributed by atoms with Crippen molar-refractivity contribution in [2.45, 2.75) is 50.2 Å². The molecule has 2 rings (SSSR count). The molecular formula is C18H25NO4S. The zero-order chi connectivity index (χ0) is 17.7. The summed E-state index contributed by atoms with van der Waals surface area (Å²) in [7, 11) is 1.37. The number of benzene rings is 1. The zero-order valence-corrected chi connectivity index (χ0v) is 15.5. The third-order valence-corrected chi connectivity index (χ3v) is 4.84. The fourth-order valence-corrected chi connectivity index (χ4v) is 3.71. The van der Waals surface area contributed by atoms with Crippen molar-refractivity contribution in [1.29, 1.82) is 0 Å². The molecule has 0 N–H and O–H groups in total. The minimum Gasteiger partial charge on any atom is -0.465 e. The summed E-state index contributed by atoms with van der Waals surface area (Å²) < 4.78 is 10.2. The lowest BCUT2D eigenvalue weighted by Gasteiger charge is -2.28. The minimum atomic E-state index is -0.480. The van der Waals surface area contributed by atoms with Gasteiger partial charge in [-0.25, -0.2) is 9.59 Å². The quantitative estimate of drug-likeness (QED) is 0.607. The molecule has 0 spiro atoms. The van der Waals surface area contributed by atoms with Crippen LogP contribution in [0.15, 0.2) is 29.2 Å².